The lowest BCUT2D eigenvalue weighted by atomic mass is 9.93. The van der Waals surface area contributed by atoms with E-state index in [4.69, 9.17) is 4.42 Å². The number of rotatable bonds is 5. The summed E-state index contributed by atoms with van der Waals surface area (Å²) in [6.07, 6.45) is 0. The first-order valence-corrected chi connectivity index (χ1v) is 18.8. The molecule has 9 aromatic carbocycles. The number of hydrogen-bond donors (Lipinski definition) is 0. The van der Waals surface area contributed by atoms with Gasteiger partial charge in [-0.1, -0.05) is 115 Å². The van der Waals surface area contributed by atoms with Gasteiger partial charge in [0.1, 0.15) is 11.2 Å². The summed E-state index contributed by atoms with van der Waals surface area (Å²) in [6.45, 7) is 0. The van der Waals surface area contributed by atoms with Crippen LogP contribution in [-0.2, 0) is 0 Å². The molecule has 0 amide bonds. The van der Waals surface area contributed by atoms with Gasteiger partial charge in [0.2, 0.25) is 0 Å². The van der Waals surface area contributed by atoms with Crippen LogP contribution in [-0.4, -0.2) is 0 Å². The van der Waals surface area contributed by atoms with Crippen LogP contribution in [0.15, 0.2) is 192 Å². The third-order valence-electron chi connectivity index (χ3n) is 10.6. The van der Waals surface area contributed by atoms with Crippen molar-refractivity contribution in [1.82, 2.24) is 0 Å². The van der Waals surface area contributed by atoms with E-state index in [2.05, 4.69) is 181 Å². The van der Waals surface area contributed by atoms with E-state index in [1.165, 1.54) is 64.0 Å². The van der Waals surface area contributed by atoms with Crippen LogP contribution in [0.4, 0.5) is 17.1 Å². The van der Waals surface area contributed by atoms with E-state index in [0.717, 1.165) is 39.0 Å². The molecule has 0 aliphatic rings. The molecule has 53 heavy (non-hydrogen) atoms. The van der Waals surface area contributed by atoms with E-state index >= 15 is 0 Å². The predicted octanol–water partition coefficient (Wildman–Crippen LogP) is 15.1. The van der Waals surface area contributed by atoms with Gasteiger partial charge in [0, 0.05) is 48.0 Å². The fraction of sp³-hybridized carbons (Fsp3) is 0. The van der Waals surface area contributed by atoms with Crippen LogP contribution in [0, 0.1) is 0 Å². The summed E-state index contributed by atoms with van der Waals surface area (Å²) >= 11 is 1.86. The molecule has 2 heterocycles. The lowest BCUT2D eigenvalue weighted by Gasteiger charge is -2.26. The first kappa shape index (κ1) is 30.0. The van der Waals surface area contributed by atoms with E-state index in [9.17, 15) is 0 Å². The Kier molecular flexibility index (Phi) is 6.76. The molecule has 248 valence electrons. The normalized spacial score (nSPS) is 11.8. The number of benzene rings is 9. The maximum Gasteiger partial charge on any atom is 0.135 e. The van der Waals surface area contributed by atoms with Crippen LogP contribution in [0.2, 0.25) is 0 Å². The van der Waals surface area contributed by atoms with E-state index in [-0.39, 0.29) is 0 Å². The van der Waals surface area contributed by atoms with Crippen molar-refractivity contribution >= 4 is 92.1 Å². The van der Waals surface area contributed by atoms with Crippen molar-refractivity contribution in [3.8, 4) is 22.3 Å². The highest BCUT2D eigenvalue weighted by atomic mass is 32.1. The van der Waals surface area contributed by atoms with Crippen LogP contribution in [0.25, 0.3) is 85.9 Å². The van der Waals surface area contributed by atoms with Gasteiger partial charge in [0.05, 0.1) is 0 Å². The Morgan fingerprint density at radius 3 is 1.91 bits per heavy atom. The standard InChI is InChI=1S/C50H31NOS/c1-3-12-32(13-4-1)42-28-34-22-24-36(30-43(34)40-17-8-7-16-39(40)42)51(35-14-5-2-6-15-35)37-25-27-48-45(31-37)50-38(19-11-21-49(50)53-48)33-23-26-47-44(29-33)41-18-9-10-20-46(41)52-47/h1-31H. The van der Waals surface area contributed by atoms with Crippen LogP contribution in [0.1, 0.15) is 0 Å². The Hall–Kier alpha value is -6.68. The molecule has 11 aromatic rings. The number of hydrogen-bond acceptors (Lipinski definition) is 3. The minimum Gasteiger partial charge on any atom is -0.456 e. The van der Waals surface area contributed by atoms with Crippen LogP contribution < -0.4 is 4.90 Å². The molecule has 0 aliphatic carbocycles. The van der Waals surface area contributed by atoms with E-state index in [0.29, 0.717) is 0 Å². The second-order valence-corrected chi connectivity index (χ2v) is 14.8. The SMILES string of the molecule is c1ccc(-c2cc3ccc(N(c4ccccc4)c4ccc5sc6cccc(-c7ccc8oc9ccccc9c8c7)c6c5c4)cc3c3ccccc23)cc1. The molecule has 0 fully saturated rings. The molecule has 0 radical (unpaired) electrons. The lowest BCUT2D eigenvalue weighted by molar-refractivity contribution is 0.669. The second kappa shape index (κ2) is 11.9. The molecule has 3 heteroatoms. The highest BCUT2D eigenvalue weighted by Gasteiger charge is 2.19. The minimum absolute atomic E-state index is 0.914. The lowest BCUT2D eigenvalue weighted by Crippen LogP contribution is -2.09. The Bertz CT molecular complexity index is 3180. The van der Waals surface area contributed by atoms with Crippen molar-refractivity contribution in [2.45, 2.75) is 0 Å². The molecule has 0 saturated heterocycles. The smallest absolute Gasteiger partial charge is 0.135 e. The average Bonchev–Trinajstić information content (AvgIpc) is 3.79. The number of furan rings is 1. The summed E-state index contributed by atoms with van der Waals surface area (Å²) in [5.74, 6) is 0. The van der Waals surface area contributed by atoms with Crippen molar-refractivity contribution in [2.24, 2.45) is 0 Å². The van der Waals surface area contributed by atoms with Gasteiger partial charge in [-0.25, -0.2) is 0 Å². The quantitative estimate of drug-likeness (QED) is 0.167. The molecule has 0 atom stereocenters. The third-order valence-corrected chi connectivity index (χ3v) is 11.8. The largest absolute Gasteiger partial charge is 0.456 e. The number of thiophene rings is 1. The first-order valence-electron chi connectivity index (χ1n) is 18.0. The van der Waals surface area contributed by atoms with Crippen LogP contribution in [0.5, 0.6) is 0 Å². The maximum absolute atomic E-state index is 6.19. The fourth-order valence-electron chi connectivity index (χ4n) is 8.20. The molecular formula is C50H31NOS. The van der Waals surface area contributed by atoms with Crippen LogP contribution >= 0.6 is 11.3 Å². The van der Waals surface area contributed by atoms with Gasteiger partial charge in [-0.3, -0.25) is 0 Å². The molecule has 0 spiro atoms. The van der Waals surface area contributed by atoms with Gasteiger partial charge in [0.15, 0.2) is 0 Å². The van der Waals surface area contributed by atoms with E-state index in [1.807, 2.05) is 23.5 Å². The Morgan fingerprint density at radius 1 is 0.358 bits per heavy atom. The average molecular weight is 694 g/mol. The third kappa shape index (κ3) is 4.86. The molecule has 0 N–H and O–H groups in total. The summed E-state index contributed by atoms with van der Waals surface area (Å²) in [5.41, 5.74) is 10.1. The van der Waals surface area contributed by atoms with Crippen LogP contribution in [0.3, 0.4) is 0 Å². The topological polar surface area (TPSA) is 16.4 Å². The zero-order chi connectivity index (χ0) is 34.9. The maximum atomic E-state index is 6.19. The first-order chi connectivity index (χ1) is 26.3. The summed E-state index contributed by atoms with van der Waals surface area (Å²) in [4.78, 5) is 2.40. The molecule has 0 saturated carbocycles. The molecule has 2 aromatic heterocycles. The summed E-state index contributed by atoms with van der Waals surface area (Å²) < 4.78 is 8.74. The van der Waals surface area contributed by atoms with Gasteiger partial charge >= 0.3 is 0 Å². The second-order valence-electron chi connectivity index (χ2n) is 13.7. The van der Waals surface area contributed by atoms with Gasteiger partial charge in [0.25, 0.3) is 0 Å². The summed E-state index contributed by atoms with van der Waals surface area (Å²) in [6, 6.07) is 68.1. The Balaban J connectivity index is 1.11. The Labute approximate surface area is 310 Å². The minimum atomic E-state index is 0.914. The summed E-state index contributed by atoms with van der Waals surface area (Å²) in [7, 11) is 0. The van der Waals surface area contributed by atoms with Gasteiger partial charge in [-0.05, 0) is 117 Å². The van der Waals surface area contributed by atoms with Crippen molar-refractivity contribution < 1.29 is 4.42 Å². The van der Waals surface area contributed by atoms with Crippen molar-refractivity contribution in [3.05, 3.63) is 188 Å². The number of nitrogens with zero attached hydrogens (tertiary/aromatic N) is 1. The van der Waals surface area contributed by atoms with Crippen molar-refractivity contribution in [2.75, 3.05) is 4.90 Å². The highest BCUT2D eigenvalue weighted by molar-refractivity contribution is 7.26. The monoisotopic (exact) mass is 693 g/mol. The van der Waals surface area contributed by atoms with Gasteiger partial charge < -0.3 is 9.32 Å². The van der Waals surface area contributed by atoms with Crippen molar-refractivity contribution in [3.63, 3.8) is 0 Å². The zero-order valence-electron chi connectivity index (χ0n) is 28.7. The molecule has 0 unspecified atom stereocenters. The van der Waals surface area contributed by atoms with E-state index in [1.54, 1.807) is 0 Å². The van der Waals surface area contributed by atoms with E-state index < -0.39 is 0 Å². The molecule has 11 rings (SSSR count). The molecule has 0 bridgehead atoms. The fourth-order valence-corrected chi connectivity index (χ4v) is 9.31. The highest BCUT2D eigenvalue weighted by Crippen LogP contribution is 2.45. The Morgan fingerprint density at radius 2 is 1.06 bits per heavy atom. The van der Waals surface area contributed by atoms with Crippen molar-refractivity contribution in [1.29, 1.82) is 0 Å². The predicted molar refractivity (Wildman–Crippen MR) is 227 cm³/mol. The summed E-state index contributed by atoms with van der Waals surface area (Å²) in [5, 5.41) is 9.82. The van der Waals surface area contributed by atoms with Gasteiger partial charge in [-0.15, -0.1) is 11.3 Å². The number of fused-ring (bicyclic) bond motifs is 9. The number of anilines is 3. The molecular weight excluding hydrogens is 663 g/mol. The molecule has 0 aliphatic heterocycles. The van der Waals surface area contributed by atoms with Gasteiger partial charge in [-0.2, -0.15) is 0 Å². The molecule has 2 nitrogen and oxygen atoms in total. The zero-order valence-corrected chi connectivity index (χ0v) is 29.5. The number of para-hydroxylation sites is 2.